The molecule has 6 nitrogen and oxygen atoms in total. The Labute approximate surface area is 155 Å². The highest BCUT2D eigenvalue weighted by Gasteiger charge is 2.16. The molecule has 0 atom stereocenters. The van der Waals surface area contributed by atoms with Crippen molar-refractivity contribution in [3.63, 3.8) is 0 Å². The van der Waals surface area contributed by atoms with E-state index in [1.54, 1.807) is 11.7 Å². The molecule has 3 aromatic rings. The van der Waals surface area contributed by atoms with Crippen LogP contribution in [0, 0.1) is 0 Å². The number of fused-ring (bicyclic) bond motifs is 1. The standard InChI is InChI=1S/C19H21N3O3S/c1-3-13-11-14-18(26-13)21-17(22(19(14)24)9-8-16(20)23)10-12-6-4-5-7-15(12)25-2/h4-7,11H,3,8-10H2,1-2H3,(H2,20,23). The van der Waals surface area contributed by atoms with Crippen LogP contribution in [0.4, 0.5) is 0 Å². The average molecular weight is 371 g/mol. The summed E-state index contributed by atoms with van der Waals surface area (Å²) >= 11 is 1.53. The molecule has 0 radical (unpaired) electrons. The van der Waals surface area contributed by atoms with Gasteiger partial charge >= 0.3 is 0 Å². The number of carbonyl (C=O) groups is 1. The lowest BCUT2D eigenvalue weighted by molar-refractivity contribution is -0.118. The number of aromatic nitrogens is 2. The number of nitrogens with zero attached hydrogens (tertiary/aromatic N) is 2. The van der Waals surface area contributed by atoms with Crippen molar-refractivity contribution in [1.29, 1.82) is 0 Å². The number of methoxy groups -OCH3 is 1. The summed E-state index contributed by atoms with van der Waals surface area (Å²) in [6, 6.07) is 9.52. The number of benzene rings is 1. The summed E-state index contributed by atoms with van der Waals surface area (Å²) in [5.41, 5.74) is 6.09. The lowest BCUT2D eigenvalue weighted by Crippen LogP contribution is -2.27. The molecule has 2 aromatic heterocycles. The predicted molar refractivity (Wildman–Crippen MR) is 103 cm³/mol. The van der Waals surface area contributed by atoms with Crippen LogP contribution < -0.4 is 16.0 Å². The maximum absolute atomic E-state index is 13.0. The summed E-state index contributed by atoms with van der Waals surface area (Å²) in [4.78, 5) is 30.8. The van der Waals surface area contributed by atoms with Gasteiger partial charge in [0.15, 0.2) is 0 Å². The minimum atomic E-state index is -0.445. The normalized spacial score (nSPS) is 11.0. The van der Waals surface area contributed by atoms with Crippen molar-refractivity contribution in [2.24, 2.45) is 5.73 Å². The molecule has 0 saturated heterocycles. The van der Waals surface area contributed by atoms with E-state index in [0.29, 0.717) is 17.6 Å². The first-order chi connectivity index (χ1) is 12.5. The van der Waals surface area contributed by atoms with E-state index in [1.165, 1.54) is 11.3 Å². The fourth-order valence-electron chi connectivity index (χ4n) is 2.89. The molecule has 3 rings (SSSR count). The summed E-state index contributed by atoms with van der Waals surface area (Å²) in [6.45, 7) is 2.27. The van der Waals surface area contributed by atoms with Gasteiger partial charge in [-0.3, -0.25) is 14.2 Å². The highest BCUT2D eigenvalue weighted by molar-refractivity contribution is 7.18. The molecule has 7 heteroatoms. The van der Waals surface area contributed by atoms with Gasteiger partial charge in [0.25, 0.3) is 5.56 Å². The van der Waals surface area contributed by atoms with Gasteiger partial charge in [0, 0.05) is 29.8 Å². The summed E-state index contributed by atoms with van der Waals surface area (Å²) in [5.74, 6) is 0.904. The minimum absolute atomic E-state index is 0.0940. The molecule has 1 aromatic carbocycles. The van der Waals surface area contributed by atoms with Crippen molar-refractivity contribution in [3.8, 4) is 5.75 Å². The molecular weight excluding hydrogens is 350 g/mol. The number of para-hydroxylation sites is 1. The highest BCUT2D eigenvalue weighted by atomic mass is 32.1. The summed E-state index contributed by atoms with van der Waals surface area (Å²) in [7, 11) is 1.61. The van der Waals surface area contributed by atoms with Crippen molar-refractivity contribution in [3.05, 3.63) is 57.0 Å². The smallest absolute Gasteiger partial charge is 0.262 e. The number of rotatable bonds is 7. The van der Waals surface area contributed by atoms with Gasteiger partial charge in [-0.25, -0.2) is 4.98 Å². The second-order valence-corrected chi connectivity index (χ2v) is 7.09. The monoisotopic (exact) mass is 371 g/mol. The minimum Gasteiger partial charge on any atom is -0.496 e. The van der Waals surface area contributed by atoms with Crippen LogP contribution in [0.5, 0.6) is 5.75 Å². The topological polar surface area (TPSA) is 87.2 Å². The second-order valence-electron chi connectivity index (χ2n) is 5.97. The Balaban J connectivity index is 2.13. The van der Waals surface area contributed by atoms with Gasteiger partial charge in [-0.15, -0.1) is 11.3 Å². The van der Waals surface area contributed by atoms with Gasteiger partial charge < -0.3 is 10.5 Å². The van der Waals surface area contributed by atoms with E-state index in [-0.39, 0.29) is 18.5 Å². The number of hydrogen-bond acceptors (Lipinski definition) is 5. The van der Waals surface area contributed by atoms with Crippen LogP contribution in [0.2, 0.25) is 0 Å². The molecule has 26 heavy (non-hydrogen) atoms. The Morgan fingerprint density at radius 3 is 2.81 bits per heavy atom. The van der Waals surface area contributed by atoms with Gasteiger partial charge in [0.1, 0.15) is 16.4 Å². The van der Waals surface area contributed by atoms with E-state index in [1.807, 2.05) is 37.3 Å². The second kappa shape index (κ2) is 7.70. The first kappa shape index (κ1) is 18.1. The molecule has 0 aliphatic heterocycles. The van der Waals surface area contributed by atoms with Crippen molar-refractivity contribution in [2.45, 2.75) is 32.7 Å². The Morgan fingerprint density at radius 1 is 1.35 bits per heavy atom. The van der Waals surface area contributed by atoms with Crippen LogP contribution >= 0.6 is 11.3 Å². The maximum atomic E-state index is 13.0. The molecule has 0 aliphatic rings. The Morgan fingerprint density at radius 2 is 2.12 bits per heavy atom. The van der Waals surface area contributed by atoms with Crippen LogP contribution in [0.3, 0.4) is 0 Å². The number of nitrogens with two attached hydrogens (primary N) is 1. The average Bonchev–Trinajstić information content (AvgIpc) is 3.05. The van der Waals surface area contributed by atoms with Crippen molar-refractivity contribution < 1.29 is 9.53 Å². The molecule has 136 valence electrons. The Hall–Kier alpha value is -2.67. The van der Waals surface area contributed by atoms with Gasteiger partial charge in [-0.1, -0.05) is 25.1 Å². The van der Waals surface area contributed by atoms with E-state index in [9.17, 15) is 9.59 Å². The summed E-state index contributed by atoms with van der Waals surface area (Å²) in [5, 5.41) is 0.597. The molecule has 0 bridgehead atoms. The third-order valence-corrected chi connectivity index (χ3v) is 5.43. The number of aryl methyl sites for hydroxylation is 1. The van der Waals surface area contributed by atoms with Gasteiger partial charge in [-0.05, 0) is 18.6 Å². The van der Waals surface area contributed by atoms with Crippen LogP contribution in [-0.2, 0) is 24.2 Å². The van der Waals surface area contributed by atoms with E-state index < -0.39 is 5.91 Å². The zero-order valence-electron chi connectivity index (χ0n) is 14.8. The number of hydrogen-bond donors (Lipinski definition) is 1. The van der Waals surface area contributed by atoms with Crippen LogP contribution in [0.15, 0.2) is 35.1 Å². The van der Waals surface area contributed by atoms with Crippen LogP contribution in [0.1, 0.15) is 29.6 Å². The predicted octanol–water partition coefficient (Wildman–Crippen LogP) is 2.50. The van der Waals surface area contributed by atoms with Crippen LogP contribution in [-0.4, -0.2) is 22.6 Å². The molecule has 0 aliphatic carbocycles. The zero-order chi connectivity index (χ0) is 18.7. The quantitative estimate of drug-likeness (QED) is 0.691. The van der Waals surface area contributed by atoms with Gasteiger partial charge in [0.05, 0.1) is 12.5 Å². The third kappa shape index (κ3) is 3.62. The van der Waals surface area contributed by atoms with E-state index in [4.69, 9.17) is 15.5 Å². The number of amides is 1. The first-order valence-corrected chi connectivity index (χ1v) is 9.27. The molecule has 0 unspecified atom stereocenters. The van der Waals surface area contributed by atoms with Crippen LogP contribution in [0.25, 0.3) is 10.2 Å². The fraction of sp³-hybridized carbons (Fsp3) is 0.316. The molecule has 2 heterocycles. The molecule has 0 saturated carbocycles. The number of carbonyl (C=O) groups excluding carboxylic acids is 1. The van der Waals surface area contributed by atoms with E-state index in [2.05, 4.69) is 0 Å². The Bertz CT molecular complexity index is 1010. The SMILES string of the molecule is CCc1cc2c(=O)n(CCC(N)=O)c(Cc3ccccc3OC)nc2s1. The van der Waals surface area contributed by atoms with Gasteiger partial charge in [0.2, 0.25) is 5.91 Å². The molecule has 2 N–H and O–H groups in total. The molecule has 1 amide bonds. The lowest BCUT2D eigenvalue weighted by atomic mass is 10.1. The van der Waals surface area contributed by atoms with Crippen molar-refractivity contribution in [2.75, 3.05) is 7.11 Å². The number of thiophene rings is 1. The largest absolute Gasteiger partial charge is 0.496 e. The van der Waals surface area contributed by atoms with E-state index in [0.717, 1.165) is 27.4 Å². The Kier molecular flexibility index (Phi) is 5.37. The zero-order valence-corrected chi connectivity index (χ0v) is 15.6. The molecular formula is C19H21N3O3S. The summed E-state index contributed by atoms with van der Waals surface area (Å²) in [6.07, 6.45) is 1.38. The fourth-order valence-corrected chi connectivity index (χ4v) is 3.87. The molecule has 0 fully saturated rings. The van der Waals surface area contributed by atoms with Crippen molar-refractivity contribution in [1.82, 2.24) is 9.55 Å². The maximum Gasteiger partial charge on any atom is 0.262 e. The number of primary amides is 1. The highest BCUT2D eigenvalue weighted by Crippen LogP contribution is 2.25. The van der Waals surface area contributed by atoms with E-state index >= 15 is 0 Å². The first-order valence-electron chi connectivity index (χ1n) is 8.45. The number of ether oxygens (including phenoxy) is 1. The summed E-state index contributed by atoms with van der Waals surface area (Å²) < 4.78 is 6.97. The van der Waals surface area contributed by atoms with Crippen molar-refractivity contribution >= 4 is 27.5 Å². The third-order valence-electron chi connectivity index (χ3n) is 4.25. The molecule has 0 spiro atoms. The lowest BCUT2D eigenvalue weighted by Gasteiger charge is -2.13. The van der Waals surface area contributed by atoms with Gasteiger partial charge in [-0.2, -0.15) is 0 Å².